The summed E-state index contributed by atoms with van der Waals surface area (Å²) < 4.78 is 1.86. The topological polar surface area (TPSA) is 38.0 Å². The van der Waals surface area contributed by atoms with Crippen molar-refractivity contribution in [1.29, 1.82) is 0 Å². The normalized spacial score (nSPS) is 12.8. The van der Waals surface area contributed by atoms with Crippen LogP contribution in [-0.4, -0.2) is 14.9 Å². The van der Waals surface area contributed by atoms with Crippen molar-refractivity contribution in [3.63, 3.8) is 0 Å². The number of hydrogen-bond acceptors (Lipinski definition) is 2. The summed E-state index contributed by atoms with van der Waals surface area (Å²) in [4.78, 5) is 0. The van der Waals surface area contributed by atoms with Gasteiger partial charge in [0.25, 0.3) is 0 Å². The maximum absolute atomic E-state index is 10.5. The highest BCUT2D eigenvalue weighted by Gasteiger charge is 2.13. The molecule has 1 atom stereocenters. The molecule has 0 saturated carbocycles. The highest BCUT2D eigenvalue weighted by molar-refractivity contribution is 5.78. The van der Waals surface area contributed by atoms with Gasteiger partial charge in [-0.3, -0.25) is 4.68 Å². The van der Waals surface area contributed by atoms with E-state index in [2.05, 4.69) is 17.2 Å². The summed E-state index contributed by atoms with van der Waals surface area (Å²) in [7, 11) is 0. The lowest BCUT2D eigenvalue weighted by Crippen LogP contribution is -2.11. The lowest BCUT2D eigenvalue weighted by molar-refractivity contribution is 0.152. The minimum absolute atomic E-state index is 0.470. The van der Waals surface area contributed by atoms with E-state index in [-0.39, 0.29) is 0 Å². The summed E-state index contributed by atoms with van der Waals surface area (Å²) in [6.45, 7) is 4.54. The van der Waals surface area contributed by atoms with Gasteiger partial charge < -0.3 is 5.11 Å². The first kappa shape index (κ1) is 12.9. The molecule has 2 aromatic carbocycles. The van der Waals surface area contributed by atoms with Crippen molar-refractivity contribution in [2.45, 2.75) is 26.5 Å². The van der Waals surface area contributed by atoms with Crippen LogP contribution in [0.5, 0.6) is 0 Å². The quantitative estimate of drug-likeness (QED) is 0.789. The molecule has 0 amide bonds. The summed E-state index contributed by atoms with van der Waals surface area (Å²) >= 11 is 0. The Morgan fingerprint density at radius 3 is 2.80 bits per heavy atom. The predicted octanol–water partition coefficient (Wildman–Crippen LogP) is 3.39. The van der Waals surface area contributed by atoms with Gasteiger partial charge in [-0.15, -0.1) is 0 Å². The van der Waals surface area contributed by atoms with Crippen LogP contribution in [-0.2, 0) is 6.54 Å². The highest BCUT2D eigenvalue weighted by Crippen LogP contribution is 2.22. The first-order valence-electron chi connectivity index (χ1n) is 6.81. The molecule has 0 fully saturated rings. The van der Waals surface area contributed by atoms with Gasteiger partial charge in [-0.05, 0) is 31.0 Å². The molecule has 0 saturated heterocycles. The standard InChI is InChI=1S/C17H18N2O/c1-12-7-8-13(2)15(9-12)17(20)11-19-16-6-4-3-5-14(16)10-18-19/h3-10,17,20H,11H2,1-2H3. The van der Waals surface area contributed by atoms with Crippen LogP contribution < -0.4 is 0 Å². The van der Waals surface area contributed by atoms with E-state index in [1.165, 1.54) is 0 Å². The van der Waals surface area contributed by atoms with E-state index in [1.54, 1.807) is 0 Å². The molecule has 0 bridgehead atoms. The number of nitrogens with zero attached hydrogens (tertiary/aromatic N) is 2. The number of benzene rings is 2. The summed E-state index contributed by atoms with van der Waals surface area (Å²) in [6, 6.07) is 14.2. The Bertz CT molecular complexity index is 746. The van der Waals surface area contributed by atoms with Gasteiger partial charge in [-0.25, -0.2) is 0 Å². The maximum Gasteiger partial charge on any atom is 0.0988 e. The Morgan fingerprint density at radius 2 is 1.95 bits per heavy atom. The summed E-state index contributed by atoms with van der Waals surface area (Å²) in [5.74, 6) is 0. The first-order valence-corrected chi connectivity index (χ1v) is 6.81. The Kier molecular flexibility index (Phi) is 3.28. The zero-order chi connectivity index (χ0) is 14.1. The molecular formula is C17H18N2O. The van der Waals surface area contributed by atoms with E-state index in [0.29, 0.717) is 6.54 Å². The molecule has 3 rings (SSSR count). The minimum atomic E-state index is -0.543. The van der Waals surface area contributed by atoms with Crippen LogP contribution in [0.2, 0.25) is 0 Å². The van der Waals surface area contributed by atoms with Crippen molar-refractivity contribution in [1.82, 2.24) is 9.78 Å². The van der Waals surface area contributed by atoms with Gasteiger partial charge in [0.1, 0.15) is 0 Å². The van der Waals surface area contributed by atoms with Crippen LogP contribution in [0.25, 0.3) is 10.9 Å². The average molecular weight is 266 g/mol. The minimum Gasteiger partial charge on any atom is -0.386 e. The second kappa shape index (κ2) is 5.10. The first-order chi connectivity index (χ1) is 9.65. The van der Waals surface area contributed by atoms with Crippen molar-refractivity contribution < 1.29 is 5.11 Å². The number of aryl methyl sites for hydroxylation is 2. The van der Waals surface area contributed by atoms with E-state index < -0.39 is 6.10 Å². The number of hydrogen-bond donors (Lipinski definition) is 1. The Labute approximate surface area is 118 Å². The number of aliphatic hydroxyl groups is 1. The van der Waals surface area contributed by atoms with Gasteiger partial charge >= 0.3 is 0 Å². The Morgan fingerprint density at radius 1 is 1.15 bits per heavy atom. The molecular weight excluding hydrogens is 248 g/mol. The maximum atomic E-state index is 10.5. The second-order valence-electron chi connectivity index (χ2n) is 5.26. The van der Waals surface area contributed by atoms with Crippen LogP contribution in [0, 0.1) is 13.8 Å². The monoisotopic (exact) mass is 266 g/mol. The van der Waals surface area contributed by atoms with E-state index in [9.17, 15) is 5.11 Å². The fourth-order valence-electron chi connectivity index (χ4n) is 2.55. The van der Waals surface area contributed by atoms with Crippen LogP contribution in [0.4, 0.5) is 0 Å². The molecule has 0 radical (unpaired) electrons. The average Bonchev–Trinajstić information content (AvgIpc) is 2.85. The van der Waals surface area contributed by atoms with Gasteiger partial charge in [0, 0.05) is 5.39 Å². The van der Waals surface area contributed by atoms with Crippen molar-refractivity contribution in [3.05, 3.63) is 65.4 Å². The van der Waals surface area contributed by atoms with Crippen LogP contribution in [0.1, 0.15) is 22.8 Å². The fraction of sp³-hybridized carbons (Fsp3) is 0.235. The molecule has 0 spiro atoms. The third kappa shape index (κ3) is 2.32. The smallest absolute Gasteiger partial charge is 0.0988 e. The molecule has 3 nitrogen and oxygen atoms in total. The SMILES string of the molecule is Cc1ccc(C)c(C(O)Cn2ncc3ccccc32)c1. The van der Waals surface area contributed by atoms with Gasteiger partial charge in [-0.2, -0.15) is 5.10 Å². The molecule has 1 unspecified atom stereocenters. The fourth-order valence-corrected chi connectivity index (χ4v) is 2.55. The summed E-state index contributed by atoms with van der Waals surface area (Å²) in [5, 5.41) is 16.0. The number of para-hydroxylation sites is 1. The molecule has 1 aromatic heterocycles. The molecule has 20 heavy (non-hydrogen) atoms. The molecule has 1 N–H and O–H groups in total. The lowest BCUT2D eigenvalue weighted by atomic mass is 10.0. The van der Waals surface area contributed by atoms with Gasteiger partial charge in [0.15, 0.2) is 0 Å². The summed E-state index contributed by atoms with van der Waals surface area (Å²) in [5.41, 5.74) is 4.30. The van der Waals surface area contributed by atoms with Crippen LogP contribution >= 0.6 is 0 Å². The van der Waals surface area contributed by atoms with E-state index >= 15 is 0 Å². The number of rotatable bonds is 3. The molecule has 0 aliphatic carbocycles. The van der Waals surface area contributed by atoms with Crippen LogP contribution in [0.15, 0.2) is 48.7 Å². The zero-order valence-electron chi connectivity index (χ0n) is 11.7. The number of aromatic nitrogens is 2. The Balaban J connectivity index is 1.92. The van der Waals surface area contributed by atoms with Crippen molar-refractivity contribution in [2.24, 2.45) is 0 Å². The zero-order valence-corrected chi connectivity index (χ0v) is 11.7. The third-order valence-corrected chi connectivity index (χ3v) is 3.69. The van der Waals surface area contributed by atoms with E-state index in [1.807, 2.05) is 55.1 Å². The highest BCUT2D eigenvalue weighted by atomic mass is 16.3. The number of aliphatic hydroxyl groups excluding tert-OH is 1. The molecule has 0 aliphatic heterocycles. The third-order valence-electron chi connectivity index (χ3n) is 3.69. The molecule has 1 heterocycles. The molecule has 3 aromatic rings. The van der Waals surface area contributed by atoms with Gasteiger partial charge in [0.05, 0.1) is 24.4 Å². The van der Waals surface area contributed by atoms with Crippen molar-refractivity contribution >= 4 is 10.9 Å². The lowest BCUT2D eigenvalue weighted by Gasteiger charge is -2.15. The molecule has 102 valence electrons. The van der Waals surface area contributed by atoms with E-state index in [0.717, 1.165) is 27.6 Å². The Hall–Kier alpha value is -2.13. The largest absolute Gasteiger partial charge is 0.386 e. The van der Waals surface area contributed by atoms with Crippen LogP contribution in [0.3, 0.4) is 0 Å². The van der Waals surface area contributed by atoms with Crippen molar-refractivity contribution in [2.75, 3.05) is 0 Å². The van der Waals surface area contributed by atoms with Gasteiger partial charge in [-0.1, -0.05) is 42.0 Å². The van der Waals surface area contributed by atoms with E-state index in [4.69, 9.17) is 0 Å². The summed E-state index contributed by atoms with van der Waals surface area (Å²) in [6.07, 6.45) is 1.30. The predicted molar refractivity (Wildman–Crippen MR) is 80.6 cm³/mol. The molecule has 0 aliphatic rings. The van der Waals surface area contributed by atoms with Gasteiger partial charge in [0.2, 0.25) is 0 Å². The second-order valence-corrected chi connectivity index (χ2v) is 5.26. The van der Waals surface area contributed by atoms with Crippen molar-refractivity contribution in [3.8, 4) is 0 Å². The number of fused-ring (bicyclic) bond motifs is 1. The molecule has 3 heteroatoms.